The van der Waals surface area contributed by atoms with E-state index in [1.165, 1.54) is 31.2 Å². The van der Waals surface area contributed by atoms with E-state index in [1.807, 2.05) is 0 Å². The van der Waals surface area contributed by atoms with Crippen molar-refractivity contribution >= 4 is 0 Å². The summed E-state index contributed by atoms with van der Waals surface area (Å²) in [6.45, 7) is 4.32. The second-order valence-electron chi connectivity index (χ2n) is 5.51. The number of aromatic nitrogens is 1. The molecule has 2 nitrogen and oxygen atoms in total. The molecule has 1 heterocycles. The third-order valence-electron chi connectivity index (χ3n) is 4.48. The maximum Gasteiger partial charge on any atom is 0.0223 e. The first-order chi connectivity index (χ1) is 7.85. The monoisotopic (exact) mass is 218 g/mol. The van der Waals surface area contributed by atoms with Gasteiger partial charge in [0.1, 0.15) is 0 Å². The molecule has 0 spiro atoms. The summed E-state index contributed by atoms with van der Waals surface area (Å²) in [7, 11) is 0. The van der Waals surface area contributed by atoms with Gasteiger partial charge in [0.2, 0.25) is 0 Å². The Morgan fingerprint density at radius 1 is 1.38 bits per heavy atom. The first kappa shape index (κ1) is 10.4. The first-order valence-corrected chi connectivity index (χ1v) is 6.73. The van der Waals surface area contributed by atoms with Crippen molar-refractivity contribution in [3.05, 3.63) is 24.0 Å². The average Bonchev–Trinajstić information content (AvgIpc) is 3.02. The van der Waals surface area contributed by atoms with Crippen LogP contribution in [-0.2, 0) is 13.1 Å². The molecular formula is C14H22N2. The zero-order valence-electron chi connectivity index (χ0n) is 10.2. The lowest BCUT2D eigenvalue weighted by atomic mass is 9.95. The zero-order chi connectivity index (χ0) is 11.0. The SMILES string of the molecule is CCn1ccc(CNC2CC3CCC2C3)c1. The van der Waals surface area contributed by atoms with Crippen LogP contribution in [0.25, 0.3) is 0 Å². The highest BCUT2D eigenvalue weighted by Gasteiger charge is 2.38. The van der Waals surface area contributed by atoms with Crippen LogP contribution >= 0.6 is 0 Å². The summed E-state index contributed by atoms with van der Waals surface area (Å²) < 4.78 is 2.25. The third kappa shape index (κ3) is 1.91. The fourth-order valence-corrected chi connectivity index (χ4v) is 3.54. The van der Waals surface area contributed by atoms with E-state index in [2.05, 4.69) is 35.3 Å². The van der Waals surface area contributed by atoms with E-state index in [-0.39, 0.29) is 0 Å². The molecule has 0 radical (unpaired) electrons. The lowest BCUT2D eigenvalue weighted by Crippen LogP contribution is -2.33. The number of nitrogens with zero attached hydrogens (tertiary/aromatic N) is 1. The Bertz CT molecular complexity index is 355. The standard InChI is InChI=1S/C14H22N2/c1-2-16-6-5-12(10-16)9-15-14-8-11-3-4-13(14)7-11/h5-6,10-11,13-15H,2-4,7-9H2,1H3. The Balaban J connectivity index is 1.53. The van der Waals surface area contributed by atoms with Gasteiger partial charge in [-0.2, -0.15) is 0 Å². The van der Waals surface area contributed by atoms with E-state index in [4.69, 9.17) is 0 Å². The molecule has 0 aliphatic heterocycles. The van der Waals surface area contributed by atoms with E-state index in [0.29, 0.717) is 0 Å². The summed E-state index contributed by atoms with van der Waals surface area (Å²) in [4.78, 5) is 0. The fourth-order valence-electron chi connectivity index (χ4n) is 3.54. The summed E-state index contributed by atoms with van der Waals surface area (Å²) in [5.74, 6) is 2.03. The molecule has 0 saturated heterocycles. The first-order valence-electron chi connectivity index (χ1n) is 6.73. The quantitative estimate of drug-likeness (QED) is 0.822. The molecule has 3 unspecified atom stereocenters. The minimum atomic E-state index is 0.809. The zero-order valence-corrected chi connectivity index (χ0v) is 10.2. The molecule has 2 aliphatic rings. The molecule has 1 N–H and O–H groups in total. The maximum absolute atomic E-state index is 3.75. The highest BCUT2D eigenvalue weighted by Crippen LogP contribution is 2.44. The van der Waals surface area contributed by atoms with Gasteiger partial charge in [0.05, 0.1) is 0 Å². The summed E-state index contributed by atoms with van der Waals surface area (Å²) in [6, 6.07) is 3.05. The van der Waals surface area contributed by atoms with Crippen molar-refractivity contribution < 1.29 is 0 Å². The molecule has 2 saturated carbocycles. The van der Waals surface area contributed by atoms with Crippen LogP contribution in [0.3, 0.4) is 0 Å². The molecule has 0 amide bonds. The molecule has 0 aromatic carbocycles. The van der Waals surface area contributed by atoms with Gasteiger partial charge in [-0.3, -0.25) is 0 Å². The van der Waals surface area contributed by atoms with Crippen LogP contribution in [-0.4, -0.2) is 10.6 Å². The van der Waals surface area contributed by atoms with Crippen molar-refractivity contribution in [2.45, 2.75) is 51.7 Å². The number of aryl methyl sites for hydroxylation is 1. The molecule has 1 aromatic rings. The van der Waals surface area contributed by atoms with E-state index in [9.17, 15) is 0 Å². The summed E-state index contributed by atoms with van der Waals surface area (Å²) in [5, 5.41) is 3.75. The third-order valence-corrected chi connectivity index (χ3v) is 4.48. The Morgan fingerprint density at radius 3 is 2.94 bits per heavy atom. The van der Waals surface area contributed by atoms with Crippen LogP contribution in [0.15, 0.2) is 18.5 Å². The number of hydrogen-bond donors (Lipinski definition) is 1. The topological polar surface area (TPSA) is 17.0 Å². The predicted octanol–water partition coefficient (Wildman–Crippen LogP) is 2.79. The minimum absolute atomic E-state index is 0.809. The van der Waals surface area contributed by atoms with Gasteiger partial charge in [0, 0.05) is 31.5 Å². The molecule has 3 atom stereocenters. The number of hydrogen-bond acceptors (Lipinski definition) is 1. The summed E-state index contributed by atoms with van der Waals surface area (Å²) in [6.07, 6.45) is 10.3. The number of nitrogens with one attached hydrogen (secondary N) is 1. The van der Waals surface area contributed by atoms with Crippen LogP contribution in [0.5, 0.6) is 0 Å². The van der Waals surface area contributed by atoms with E-state index >= 15 is 0 Å². The Kier molecular flexibility index (Phi) is 2.76. The molecule has 3 rings (SSSR count). The Labute approximate surface area is 98.0 Å². The molecule has 88 valence electrons. The molecule has 1 aromatic heterocycles. The molecule has 2 bridgehead atoms. The lowest BCUT2D eigenvalue weighted by Gasteiger charge is -2.22. The van der Waals surface area contributed by atoms with Crippen LogP contribution in [0, 0.1) is 11.8 Å². The van der Waals surface area contributed by atoms with Gasteiger partial charge in [0.15, 0.2) is 0 Å². The molecule has 16 heavy (non-hydrogen) atoms. The van der Waals surface area contributed by atoms with E-state index < -0.39 is 0 Å². The molecule has 2 heteroatoms. The Morgan fingerprint density at radius 2 is 2.31 bits per heavy atom. The van der Waals surface area contributed by atoms with E-state index in [0.717, 1.165) is 31.0 Å². The second kappa shape index (κ2) is 4.25. The summed E-state index contributed by atoms with van der Waals surface area (Å²) in [5.41, 5.74) is 1.43. The molecule has 2 aliphatic carbocycles. The van der Waals surface area contributed by atoms with Crippen LogP contribution in [0.2, 0.25) is 0 Å². The van der Waals surface area contributed by atoms with Crippen LogP contribution < -0.4 is 5.32 Å². The average molecular weight is 218 g/mol. The molecule has 2 fully saturated rings. The van der Waals surface area contributed by atoms with Gasteiger partial charge >= 0.3 is 0 Å². The van der Waals surface area contributed by atoms with Gasteiger partial charge in [-0.05, 0) is 49.7 Å². The van der Waals surface area contributed by atoms with Crippen molar-refractivity contribution in [3.63, 3.8) is 0 Å². The smallest absolute Gasteiger partial charge is 0.0223 e. The van der Waals surface area contributed by atoms with Gasteiger partial charge in [-0.15, -0.1) is 0 Å². The summed E-state index contributed by atoms with van der Waals surface area (Å²) >= 11 is 0. The van der Waals surface area contributed by atoms with Gasteiger partial charge in [-0.1, -0.05) is 6.42 Å². The van der Waals surface area contributed by atoms with Crippen molar-refractivity contribution in [2.24, 2.45) is 11.8 Å². The second-order valence-corrected chi connectivity index (χ2v) is 5.51. The highest BCUT2D eigenvalue weighted by molar-refractivity contribution is 5.10. The minimum Gasteiger partial charge on any atom is -0.354 e. The number of fused-ring (bicyclic) bond motifs is 2. The van der Waals surface area contributed by atoms with Crippen LogP contribution in [0.4, 0.5) is 0 Å². The highest BCUT2D eigenvalue weighted by atomic mass is 15.0. The maximum atomic E-state index is 3.75. The van der Waals surface area contributed by atoms with Crippen molar-refractivity contribution in [3.8, 4) is 0 Å². The van der Waals surface area contributed by atoms with Gasteiger partial charge < -0.3 is 9.88 Å². The van der Waals surface area contributed by atoms with Crippen molar-refractivity contribution in [2.75, 3.05) is 0 Å². The van der Waals surface area contributed by atoms with Crippen LogP contribution in [0.1, 0.15) is 38.2 Å². The largest absolute Gasteiger partial charge is 0.354 e. The van der Waals surface area contributed by atoms with Crippen molar-refractivity contribution in [1.82, 2.24) is 9.88 Å². The Hall–Kier alpha value is -0.760. The normalized spacial score (nSPS) is 32.4. The lowest BCUT2D eigenvalue weighted by molar-refractivity contribution is 0.350. The fraction of sp³-hybridized carbons (Fsp3) is 0.714. The molecular weight excluding hydrogens is 196 g/mol. The van der Waals surface area contributed by atoms with Gasteiger partial charge in [-0.25, -0.2) is 0 Å². The van der Waals surface area contributed by atoms with Crippen molar-refractivity contribution in [1.29, 1.82) is 0 Å². The predicted molar refractivity (Wildman–Crippen MR) is 66.2 cm³/mol. The van der Waals surface area contributed by atoms with E-state index in [1.54, 1.807) is 0 Å². The number of rotatable bonds is 4. The van der Waals surface area contributed by atoms with Gasteiger partial charge in [0.25, 0.3) is 0 Å².